The number of benzene rings is 1. The molecular formula is C15H23N3O2. The normalized spacial score (nSPS) is 13.8. The number of carbonyl (C=O) groups excluding carboxylic acids is 2. The van der Waals surface area contributed by atoms with Gasteiger partial charge in [0.25, 0.3) is 0 Å². The molecule has 0 spiro atoms. The fraction of sp³-hybridized carbons (Fsp3) is 0.467. The Balaban J connectivity index is 2.65. The Bertz CT molecular complexity index is 486. The summed E-state index contributed by atoms with van der Waals surface area (Å²) in [7, 11) is 0. The summed E-state index contributed by atoms with van der Waals surface area (Å²) in [6.07, 6.45) is 0.428. The SMILES string of the molecule is Cc1cccc(C[C@H](N)C(=O)N[C@H](C(N)=O)C(C)C)c1. The summed E-state index contributed by atoms with van der Waals surface area (Å²) in [5.74, 6) is -0.970. The Labute approximate surface area is 119 Å². The lowest BCUT2D eigenvalue weighted by atomic mass is 10.0. The van der Waals surface area contributed by atoms with Crippen molar-refractivity contribution >= 4 is 11.8 Å². The lowest BCUT2D eigenvalue weighted by Crippen LogP contribution is -2.53. The molecule has 0 unspecified atom stereocenters. The van der Waals surface area contributed by atoms with Gasteiger partial charge in [0.15, 0.2) is 0 Å². The van der Waals surface area contributed by atoms with Crippen LogP contribution in [0, 0.1) is 12.8 Å². The van der Waals surface area contributed by atoms with E-state index in [1.54, 1.807) is 0 Å². The van der Waals surface area contributed by atoms with E-state index in [0.717, 1.165) is 11.1 Å². The molecule has 0 aromatic heterocycles. The zero-order chi connectivity index (χ0) is 15.3. The number of hydrogen-bond acceptors (Lipinski definition) is 3. The molecule has 0 heterocycles. The molecule has 110 valence electrons. The molecule has 5 heteroatoms. The first-order chi connectivity index (χ1) is 9.31. The monoisotopic (exact) mass is 277 g/mol. The molecule has 5 N–H and O–H groups in total. The van der Waals surface area contributed by atoms with Crippen LogP contribution in [0.1, 0.15) is 25.0 Å². The molecule has 0 aliphatic heterocycles. The van der Waals surface area contributed by atoms with E-state index < -0.39 is 18.0 Å². The molecule has 0 saturated carbocycles. The summed E-state index contributed by atoms with van der Waals surface area (Å²) in [6.45, 7) is 5.63. The Morgan fingerprint density at radius 3 is 2.45 bits per heavy atom. The van der Waals surface area contributed by atoms with Gasteiger partial charge >= 0.3 is 0 Å². The second-order valence-corrected chi connectivity index (χ2v) is 5.43. The van der Waals surface area contributed by atoms with Gasteiger partial charge in [0, 0.05) is 0 Å². The molecule has 1 aromatic carbocycles. The van der Waals surface area contributed by atoms with E-state index in [9.17, 15) is 9.59 Å². The molecule has 0 aliphatic rings. The van der Waals surface area contributed by atoms with Crippen molar-refractivity contribution in [2.75, 3.05) is 0 Å². The molecule has 1 rings (SSSR count). The summed E-state index contributed by atoms with van der Waals surface area (Å²) in [5.41, 5.74) is 13.3. The summed E-state index contributed by atoms with van der Waals surface area (Å²) in [4.78, 5) is 23.3. The van der Waals surface area contributed by atoms with Gasteiger partial charge < -0.3 is 16.8 Å². The van der Waals surface area contributed by atoms with Gasteiger partial charge in [0.1, 0.15) is 6.04 Å². The molecule has 0 bridgehead atoms. The molecule has 0 fully saturated rings. The Hall–Kier alpha value is -1.88. The maximum absolute atomic E-state index is 12.0. The Morgan fingerprint density at radius 1 is 1.30 bits per heavy atom. The average molecular weight is 277 g/mol. The molecule has 20 heavy (non-hydrogen) atoms. The average Bonchev–Trinajstić information content (AvgIpc) is 2.34. The highest BCUT2D eigenvalue weighted by Gasteiger charge is 2.24. The van der Waals surface area contributed by atoms with E-state index in [-0.39, 0.29) is 11.8 Å². The van der Waals surface area contributed by atoms with Crippen LogP contribution in [0.15, 0.2) is 24.3 Å². The van der Waals surface area contributed by atoms with Gasteiger partial charge in [-0.3, -0.25) is 9.59 Å². The number of carbonyl (C=O) groups is 2. The lowest BCUT2D eigenvalue weighted by molar-refractivity contribution is -0.129. The van der Waals surface area contributed by atoms with Gasteiger partial charge in [-0.25, -0.2) is 0 Å². The van der Waals surface area contributed by atoms with Crippen LogP contribution in [0.25, 0.3) is 0 Å². The van der Waals surface area contributed by atoms with Crippen LogP contribution in [0.4, 0.5) is 0 Å². The van der Waals surface area contributed by atoms with Crippen molar-refractivity contribution in [2.45, 2.75) is 39.3 Å². The molecule has 1 aromatic rings. The fourth-order valence-corrected chi connectivity index (χ4v) is 2.01. The van der Waals surface area contributed by atoms with Crippen LogP contribution in [-0.4, -0.2) is 23.9 Å². The largest absolute Gasteiger partial charge is 0.368 e. The summed E-state index contributed by atoms with van der Waals surface area (Å²) in [6, 6.07) is 6.44. The van der Waals surface area contributed by atoms with Gasteiger partial charge in [0.05, 0.1) is 6.04 Å². The van der Waals surface area contributed by atoms with Gasteiger partial charge in [-0.05, 0) is 24.8 Å². The van der Waals surface area contributed by atoms with Crippen LogP contribution in [0.5, 0.6) is 0 Å². The second-order valence-electron chi connectivity index (χ2n) is 5.43. The minimum Gasteiger partial charge on any atom is -0.368 e. The maximum atomic E-state index is 12.0. The number of nitrogens with two attached hydrogens (primary N) is 2. The molecular weight excluding hydrogens is 254 g/mol. The quantitative estimate of drug-likeness (QED) is 0.705. The number of nitrogens with one attached hydrogen (secondary N) is 1. The number of aryl methyl sites for hydroxylation is 1. The van der Waals surface area contributed by atoms with Crippen LogP contribution in [-0.2, 0) is 16.0 Å². The van der Waals surface area contributed by atoms with E-state index in [2.05, 4.69) is 5.32 Å². The van der Waals surface area contributed by atoms with Crippen LogP contribution >= 0.6 is 0 Å². The summed E-state index contributed by atoms with van der Waals surface area (Å²) in [5, 5.41) is 2.61. The zero-order valence-corrected chi connectivity index (χ0v) is 12.2. The van der Waals surface area contributed by atoms with Crippen molar-refractivity contribution in [3.63, 3.8) is 0 Å². The molecule has 2 atom stereocenters. The van der Waals surface area contributed by atoms with Gasteiger partial charge in [0.2, 0.25) is 11.8 Å². The van der Waals surface area contributed by atoms with E-state index in [4.69, 9.17) is 11.5 Å². The van der Waals surface area contributed by atoms with Crippen molar-refractivity contribution < 1.29 is 9.59 Å². The first-order valence-corrected chi connectivity index (χ1v) is 6.72. The van der Waals surface area contributed by atoms with Crippen molar-refractivity contribution in [3.05, 3.63) is 35.4 Å². The van der Waals surface area contributed by atoms with Crippen molar-refractivity contribution in [1.29, 1.82) is 0 Å². The molecule has 5 nitrogen and oxygen atoms in total. The zero-order valence-electron chi connectivity index (χ0n) is 12.2. The fourth-order valence-electron chi connectivity index (χ4n) is 2.01. The van der Waals surface area contributed by atoms with Crippen molar-refractivity contribution in [3.8, 4) is 0 Å². The Morgan fingerprint density at radius 2 is 1.95 bits per heavy atom. The highest BCUT2D eigenvalue weighted by molar-refractivity contribution is 5.89. The van der Waals surface area contributed by atoms with E-state index in [1.165, 1.54) is 0 Å². The standard InChI is InChI=1S/C15H23N3O2/c1-9(2)13(14(17)19)18-15(20)12(16)8-11-6-4-5-10(3)7-11/h4-7,9,12-13H,8,16H2,1-3H3,(H2,17,19)(H,18,20)/t12-,13-/m0/s1. The second kappa shape index (κ2) is 7.05. The molecule has 0 radical (unpaired) electrons. The number of amides is 2. The summed E-state index contributed by atoms with van der Waals surface area (Å²) >= 11 is 0. The van der Waals surface area contributed by atoms with Crippen LogP contribution in [0.2, 0.25) is 0 Å². The van der Waals surface area contributed by atoms with Gasteiger partial charge in [-0.15, -0.1) is 0 Å². The van der Waals surface area contributed by atoms with Crippen molar-refractivity contribution in [1.82, 2.24) is 5.32 Å². The van der Waals surface area contributed by atoms with Crippen LogP contribution < -0.4 is 16.8 Å². The van der Waals surface area contributed by atoms with Crippen molar-refractivity contribution in [2.24, 2.45) is 17.4 Å². The number of hydrogen-bond donors (Lipinski definition) is 3. The van der Waals surface area contributed by atoms with E-state index >= 15 is 0 Å². The van der Waals surface area contributed by atoms with Crippen LogP contribution in [0.3, 0.4) is 0 Å². The highest BCUT2D eigenvalue weighted by Crippen LogP contribution is 2.07. The van der Waals surface area contributed by atoms with E-state index in [0.29, 0.717) is 6.42 Å². The molecule has 2 amide bonds. The predicted molar refractivity (Wildman–Crippen MR) is 78.8 cm³/mol. The topological polar surface area (TPSA) is 98.2 Å². The number of rotatable bonds is 6. The predicted octanol–water partition coefficient (Wildman–Crippen LogP) is 0.491. The molecule has 0 aliphatic carbocycles. The highest BCUT2D eigenvalue weighted by atomic mass is 16.2. The van der Waals surface area contributed by atoms with Gasteiger partial charge in [-0.2, -0.15) is 0 Å². The Kier molecular flexibility index (Phi) is 5.70. The lowest BCUT2D eigenvalue weighted by Gasteiger charge is -2.21. The third-order valence-corrected chi connectivity index (χ3v) is 3.15. The third kappa shape index (κ3) is 4.66. The smallest absolute Gasteiger partial charge is 0.240 e. The third-order valence-electron chi connectivity index (χ3n) is 3.15. The van der Waals surface area contributed by atoms with Gasteiger partial charge in [-0.1, -0.05) is 43.7 Å². The first-order valence-electron chi connectivity index (χ1n) is 6.72. The van der Waals surface area contributed by atoms with E-state index in [1.807, 2.05) is 45.0 Å². The summed E-state index contributed by atoms with van der Waals surface area (Å²) < 4.78 is 0. The number of primary amides is 1. The first kappa shape index (κ1) is 16.2. The minimum absolute atomic E-state index is 0.0670. The maximum Gasteiger partial charge on any atom is 0.240 e. The molecule has 0 saturated heterocycles. The minimum atomic E-state index is -0.697.